The van der Waals surface area contributed by atoms with E-state index in [1.807, 2.05) is 24.3 Å². The predicted molar refractivity (Wildman–Crippen MR) is 75.4 cm³/mol. The summed E-state index contributed by atoms with van der Waals surface area (Å²) in [6.07, 6.45) is 0. The van der Waals surface area contributed by atoms with Gasteiger partial charge in [0.1, 0.15) is 11.3 Å². The fourth-order valence-electron chi connectivity index (χ4n) is 1.96. The maximum absolute atomic E-state index is 5.95. The van der Waals surface area contributed by atoms with Crippen molar-refractivity contribution < 1.29 is 9.15 Å². The van der Waals surface area contributed by atoms with E-state index in [0.717, 1.165) is 5.56 Å². The van der Waals surface area contributed by atoms with Gasteiger partial charge in [-0.25, -0.2) is 4.98 Å². The Balaban J connectivity index is 2.23. The molecule has 0 spiro atoms. The first-order chi connectivity index (χ1) is 9.19. The number of halogens is 1. The number of aromatic nitrogens is 1. The van der Waals surface area contributed by atoms with Gasteiger partial charge in [-0.15, -0.1) is 0 Å². The summed E-state index contributed by atoms with van der Waals surface area (Å²) < 4.78 is 11.0. The van der Waals surface area contributed by atoms with Crippen LogP contribution in [-0.4, -0.2) is 12.1 Å². The molecule has 0 saturated carbocycles. The first-order valence-corrected chi connectivity index (χ1v) is 6.06. The molecule has 0 aliphatic heterocycles. The number of hydrogen-bond acceptors (Lipinski definition) is 4. The fourth-order valence-corrected chi connectivity index (χ4v) is 2.18. The number of rotatable bonds is 2. The van der Waals surface area contributed by atoms with Crippen LogP contribution in [0.1, 0.15) is 0 Å². The van der Waals surface area contributed by atoms with E-state index >= 15 is 0 Å². The minimum absolute atomic E-state index is 0.460. The van der Waals surface area contributed by atoms with Crippen molar-refractivity contribution in [2.45, 2.75) is 0 Å². The summed E-state index contributed by atoms with van der Waals surface area (Å²) in [6, 6.07) is 10.9. The van der Waals surface area contributed by atoms with Crippen molar-refractivity contribution in [3.05, 3.63) is 41.4 Å². The number of hydrogen-bond donors (Lipinski definition) is 1. The third-order valence-electron chi connectivity index (χ3n) is 2.82. The van der Waals surface area contributed by atoms with Crippen molar-refractivity contribution in [3.8, 4) is 17.2 Å². The van der Waals surface area contributed by atoms with Gasteiger partial charge in [-0.3, -0.25) is 0 Å². The lowest BCUT2D eigenvalue weighted by Crippen LogP contribution is -1.86. The maximum atomic E-state index is 5.95. The molecule has 4 nitrogen and oxygen atoms in total. The molecule has 0 aliphatic carbocycles. The maximum Gasteiger partial charge on any atom is 0.231 e. The van der Waals surface area contributed by atoms with E-state index < -0.39 is 0 Å². The molecule has 0 atom stereocenters. The van der Waals surface area contributed by atoms with E-state index in [-0.39, 0.29) is 0 Å². The van der Waals surface area contributed by atoms with Gasteiger partial charge in [0.2, 0.25) is 5.89 Å². The number of anilines is 1. The summed E-state index contributed by atoms with van der Waals surface area (Å²) >= 11 is 5.95. The summed E-state index contributed by atoms with van der Waals surface area (Å²) in [5.74, 6) is 1.15. The molecule has 0 bridgehead atoms. The number of nitrogen functional groups attached to an aromatic ring is 1. The van der Waals surface area contributed by atoms with E-state index in [4.69, 9.17) is 26.5 Å². The van der Waals surface area contributed by atoms with Crippen LogP contribution >= 0.6 is 11.6 Å². The van der Waals surface area contributed by atoms with Crippen LogP contribution in [-0.2, 0) is 0 Å². The molecule has 5 heteroatoms. The van der Waals surface area contributed by atoms with Gasteiger partial charge in [0, 0.05) is 5.02 Å². The molecule has 2 N–H and O–H groups in total. The van der Waals surface area contributed by atoms with Gasteiger partial charge in [0.25, 0.3) is 0 Å². The van der Waals surface area contributed by atoms with Gasteiger partial charge in [-0.05, 0) is 24.3 Å². The van der Waals surface area contributed by atoms with Crippen LogP contribution < -0.4 is 10.5 Å². The molecule has 0 unspecified atom stereocenters. The summed E-state index contributed by atoms with van der Waals surface area (Å²) in [5, 5.41) is 0.532. The number of fused-ring (bicyclic) bond motifs is 1. The zero-order chi connectivity index (χ0) is 13.4. The first-order valence-electron chi connectivity index (χ1n) is 5.68. The zero-order valence-electron chi connectivity index (χ0n) is 10.2. The highest BCUT2D eigenvalue weighted by Crippen LogP contribution is 2.34. The monoisotopic (exact) mass is 274 g/mol. The number of nitrogens with two attached hydrogens (primary N) is 1. The molecule has 0 aliphatic rings. The van der Waals surface area contributed by atoms with Gasteiger partial charge in [0.05, 0.1) is 18.4 Å². The summed E-state index contributed by atoms with van der Waals surface area (Å²) in [4.78, 5) is 4.40. The summed E-state index contributed by atoms with van der Waals surface area (Å²) in [6.45, 7) is 0. The molecular weight excluding hydrogens is 264 g/mol. The zero-order valence-corrected chi connectivity index (χ0v) is 10.9. The standard InChI is InChI=1S/C14H11ClN2O2/c1-18-12-5-3-2-4-9(12)14-17-11-7-8(15)6-10(16)13(11)19-14/h2-7H,16H2,1H3. The summed E-state index contributed by atoms with van der Waals surface area (Å²) in [7, 11) is 1.60. The number of methoxy groups -OCH3 is 1. The molecule has 0 amide bonds. The minimum atomic E-state index is 0.460. The lowest BCUT2D eigenvalue weighted by Gasteiger charge is -2.03. The van der Waals surface area contributed by atoms with Crippen molar-refractivity contribution in [1.29, 1.82) is 0 Å². The van der Waals surface area contributed by atoms with Crippen LogP contribution in [0.25, 0.3) is 22.6 Å². The van der Waals surface area contributed by atoms with Gasteiger partial charge in [0.15, 0.2) is 5.58 Å². The normalized spacial score (nSPS) is 10.8. The van der Waals surface area contributed by atoms with Crippen molar-refractivity contribution in [1.82, 2.24) is 4.98 Å². The number of ether oxygens (including phenoxy) is 1. The lowest BCUT2D eigenvalue weighted by atomic mass is 10.2. The molecule has 2 aromatic carbocycles. The highest BCUT2D eigenvalue weighted by Gasteiger charge is 2.14. The van der Waals surface area contributed by atoms with Crippen LogP contribution in [0.15, 0.2) is 40.8 Å². The molecule has 3 aromatic rings. The van der Waals surface area contributed by atoms with Gasteiger partial charge in [-0.1, -0.05) is 23.7 Å². The molecule has 0 radical (unpaired) electrons. The van der Waals surface area contributed by atoms with Gasteiger partial charge >= 0.3 is 0 Å². The van der Waals surface area contributed by atoms with Crippen molar-refractivity contribution >= 4 is 28.4 Å². The molecule has 0 saturated heterocycles. The Labute approximate surface area is 114 Å². The second kappa shape index (κ2) is 4.48. The van der Waals surface area contributed by atoms with Gasteiger partial charge in [-0.2, -0.15) is 0 Å². The van der Waals surface area contributed by atoms with E-state index in [0.29, 0.717) is 33.4 Å². The van der Waals surface area contributed by atoms with E-state index in [1.165, 1.54) is 0 Å². The Bertz CT molecular complexity index is 752. The largest absolute Gasteiger partial charge is 0.496 e. The average molecular weight is 275 g/mol. The highest BCUT2D eigenvalue weighted by atomic mass is 35.5. The second-order valence-corrected chi connectivity index (χ2v) is 4.50. The molecule has 96 valence electrons. The number of nitrogens with zero attached hydrogens (tertiary/aromatic N) is 1. The Morgan fingerprint density at radius 2 is 2.05 bits per heavy atom. The van der Waals surface area contributed by atoms with Crippen LogP contribution in [0.5, 0.6) is 5.75 Å². The quantitative estimate of drug-likeness (QED) is 0.723. The predicted octanol–water partition coefficient (Wildman–Crippen LogP) is 3.74. The topological polar surface area (TPSA) is 61.3 Å². The lowest BCUT2D eigenvalue weighted by molar-refractivity contribution is 0.414. The second-order valence-electron chi connectivity index (χ2n) is 4.06. The van der Waals surface area contributed by atoms with E-state index in [9.17, 15) is 0 Å². The Hall–Kier alpha value is -2.20. The van der Waals surface area contributed by atoms with Crippen LogP contribution in [0, 0.1) is 0 Å². The Morgan fingerprint density at radius 1 is 1.26 bits per heavy atom. The highest BCUT2D eigenvalue weighted by molar-refractivity contribution is 6.31. The van der Waals surface area contributed by atoms with E-state index in [1.54, 1.807) is 19.2 Å². The van der Waals surface area contributed by atoms with Crippen molar-refractivity contribution in [2.24, 2.45) is 0 Å². The van der Waals surface area contributed by atoms with Crippen LogP contribution in [0.2, 0.25) is 5.02 Å². The third kappa shape index (κ3) is 2.00. The molecule has 3 rings (SSSR count). The number of benzene rings is 2. The molecule has 1 heterocycles. The third-order valence-corrected chi connectivity index (χ3v) is 3.04. The van der Waals surface area contributed by atoms with Gasteiger partial charge < -0.3 is 14.9 Å². The van der Waals surface area contributed by atoms with E-state index in [2.05, 4.69) is 4.98 Å². The van der Waals surface area contributed by atoms with Crippen LogP contribution in [0.3, 0.4) is 0 Å². The molecular formula is C14H11ClN2O2. The summed E-state index contributed by atoms with van der Waals surface area (Å²) in [5.41, 5.74) is 8.28. The van der Waals surface area contributed by atoms with Crippen molar-refractivity contribution in [3.63, 3.8) is 0 Å². The Morgan fingerprint density at radius 3 is 2.84 bits per heavy atom. The first kappa shape index (κ1) is 11.9. The average Bonchev–Trinajstić information content (AvgIpc) is 2.82. The van der Waals surface area contributed by atoms with Crippen molar-refractivity contribution in [2.75, 3.05) is 12.8 Å². The smallest absolute Gasteiger partial charge is 0.231 e. The Kier molecular flexibility index (Phi) is 2.80. The molecule has 1 aromatic heterocycles. The molecule has 19 heavy (non-hydrogen) atoms. The SMILES string of the molecule is COc1ccccc1-c1nc2cc(Cl)cc(N)c2o1. The number of oxazole rings is 1. The molecule has 0 fully saturated rings. The number of para-hydroxylation sites is 1. The minimum Gasteiger partial charge on any atom is -0.496 e. The van der Waals surface area contributed by atoms with Crippen LogP contribution in [0.4, 0.5) is 5.69 Å². The fraction of sp³-hybridized carbons (Fsp3) is 0.0714.